The lowest BCUT2D eigenvalue weighted by Crippen LogP contribution is -1.93. The van der Waals surface area contributed by atoms with Gasteiger partial charge in [-0.15, -0.1) is 0 Å². The molecule has 2 aromatic heterocycles. The fourth-order valence-corrected chi connectivity index (χ4v) is 1.21. The number of hydrogen-bond donors (Lipinski definition) is 2. The van der Waals surface area contributed by atoms with Crippen molar-refractivity contribution in [3.8, 4) is 0 Å². The van der Waals surface area contributed by atoms with E-state index in [4.69, 9.17) is 0 Å². The highest BCUT2D eigenvalue weighted by Crippen LogP contribution is 2.20. The minimum Gasteiger partial charge on any atom is -0.504 e. The van der Waals surface area contributed by atoms with Crippen molar-refractivity contribution < 1.29 is 10.2 Å². The molecule has 0 unspecified atom stereocenters. The number of aliphatic hydroxyl groups excluding tert-OH is 2. The molecule has 0 amide bonds. The van der Waals surface area contributed by atoms with E-state index in [1.165, 1.54) is 18.6 Å². The van der Waals surface area contributed by atoms with Gasteiger partial charge in [0.2, 0.25) is 0 Å². The van der Waals surface area contributed by atoms with Gasteiger partial charge in [0.15, 0.2) is 11.5 Å². The van der Waals surface area contributed by atoms with Crippen molar-refractivity contribution in [2.45, 2.75) is 0 Å². The monoisotopic (exact) mass is 215 g/mol. The summed E-state index contributed by atoms with van der Waals surface area (Å²) in [5.74, 6) is -0.482. The van der Waals surface area contributed by atoms with Crippen LogP contribution in [0.3, 0.4) is 0 Å². The summed E-state index contributed by atoms with van der Waals surface area (Å²) in [5, 5.41) is 26.8. The van der Waals surface area contributed by atoms with Crippen LogP contribution in [0.25, 0.3) is 11.5 Å². The standard InChI is InChI=1S/C11H9N3O2/c15-10(8-2-1-4-12-6-8)11(16)9-3-5-13-14-7-9/h1-7,15-16H/b11-10+. The maximum atomic E-state index is 9.78. The molecule has 0 saturated heterocycles. The molecular formula is C11H9N3O2. The van der Waals surface area contributed by atoms with E-state index in [-0.39, 0.29) is 11.5 Å². The van der Waals surface area contributed by atoms with Gasteiger partial charge in [-0.05, 0) is 18.2 Å². The first-order valence-corrected chi connectivity index (χ1v) is 4.58. The summed E-state index contributed by atoms with van der Waals surface area (Å²) in [5.41, 5.74) is 0.841. The lowest BCUT2D eigenvalue weighted by atomic mass is 10.1. The molecule has 5 nitrogen and oxygen atoms in total. The zero-order valence-corrected chi connectivity index (χ0v) is 8.28. The molecule has 0 aromatic carbocycles. The minimum absolute atomic E-state index is 0.235. The quantitative estimate of drug-likeness (QED) is 0.747. The van der Waals surface area contributed by atoms with Gasteiger partial charge < -0.3 is 10.2 Å². The molecule has 0 radical (unpaired) electrons. The first kappa shape index (κ1) is 10.1. The summed E-state index contributed by atoms with van der Waals surface area (Å²) in [6, 6.07) is 4.87. The van der Waals surface area contributed by atoms with E-state index in [2.05, 4.69) is 15.2 Å². The molecule has 2 rings (SSSR count). The van der Waals surface area contributed by atoms with Crippen LogP contribution in [-0.4, -0.2) is 25.4 Å². The summed E-state index contributed by atoms with van der Waals surface area (Å²) >= 11 is 0. The number of rotatable bonds is 2. The van der Waals surface area contributed by atoms with Crippen molar-refractivity contribution in [3.05, 3.63) is 54.1 Å². The molecule has 0 aliphatic rings. The van der Waals surface area contributed by atoms with E-state index in [1.807, 2.05) is 0 Å². The van der Waals surface area contributed by atoms with Crippen molar-refractivity contribution in [1.82, 2.24) is 15.2 Å². The van der Waals surface area contributed by atoms with E-state index >= 15 is 0 Å². The van der Waals surface area contributed by atoms with Gasteiger partial charge in [0, 0.05) is 23.5 Å². The second-order valence-electron chi connectivity index (χ2n) is 3.07. The van der Waals surface area contributed by atoms with Gasteiger partial charge in [-0.1, -0.05) is 0 Å². The van der Waals surface area contributed by atoms with Crippen LogP contribution in [0.5, 0.6) is 0 Å². The average molecular weight is 215 g/mol. The third kappa shape index (κ3) is 1.98. The lowest BCUT2D eigenvalue weighted by molar-refractivity contribution is 0.459. The molecule has 0 aliphatic heterocycles. The van der Waals surface area contributed by atoms with Crippen LogP contribution in [0, 0.1) is 0 Å². The van der Waals surface area contributed by atoms with Crippen LogP contribution in [0.15, 0.2) is 43.0 Å². The van der Waals surface area contributed by atoms with Gasteiger partial charge in [0.25, 0.3) is 0 Å². The van der Waals surface area contributed by atoms with Crippen LogP contribution < -0.4 is 0 Å². The molecule has 80 valence electrons. The molecule has 2 heterocycles. The second-order valence-corrected chi connectivity index (χ2v) is 3.07. The Morgan fingerprint density at radius 3 is 2.19 bits per heavy atom. The molecular weight excluding hydrogens is 206 g/mol. The molecule has 2 aromatic rings. The van der Waals surface area contributed by atoms with Crippen LogP contribution in [0.1, 0.15) is 11.1 Å². The Kier molecular flexibility index (Phi) is 2.77. The predicted molar refractivity (Wildman–Crippen MR) is 58.3 cm³/mol. The van der Waals surface area contributed by atoms with Gasteiger partial charge in [-0.2, -0.15) is 10.2 Å². The topological polar surface area (TPSA) is 79.1 Å². The third-order valence-electron chi connectivity index (χ3n) is 2.02. The fourth-order valence-electron chi connectivity index (χ4n) is 1.21. The molecule has 2 N–H and O–H groups in total. The summed E-state index contributed by atoms with van der Waals surface area (Å²) in [4.78, 5) is 3.85. The van der Waals surface area contributed by atoms with Gasteiger partial charge >= 0.3 is 0 Å². The molecule has 0 fully saturated rings. The van der Waals surface area contributed by atoms with Crippen molar-refractivity contribution >= 4 is 11.5 Å². The number of aromatic nitrogens is 3. The molecule has 0 spiro atoms. The lowest BCUT2D eigenvalue weighted by Gasteiger charge is -2.03. The summed E-state index contributed by atoms with van der Waals surface area (Å²) < 4.78 is 0. The molecule has 0 saturated carbocycles. The highest BCUT2D eigenvalue weighted by Gasteiger charge is 2.09. The molecule has 0 atom stereocenters. The van der Waals surface area contributed by atoms with Crippen molar-refractivity contribution in [2.24, 2.45) is 0 Å². The Morgan fingerprint density at radius 2 is 1.62 bits per heavy atom. The normalized spacial score (nSPS) is 12.0. The summed E-state index contributed by atoms with van der Waals surface area (Å²) in [6.07, 6.45) is 5.84. The Bertz CT molecular complexity index is 450. The van der Waals surface area contributed by atoms with Crippen LogP contribution >= 0.6 is 0 Å². The maximum Gasteiger partial charge on any atom is 0.167 e. The zero-order chi connectivity index (χ0) is 11.4. The van der Waals surface area contributed by atoms with Crippen LogP contribution in [0.2, 0.25) is 0 Å². The summed E-state index contributed by atoms with van der Waals surface area (Å²) in [7, 11) is 0. The van der Waals surface area contributed by atoms with Crippen LogP contribution in [0.4, 0.5) is 0 Å². The highest BCUT2D eigenvalue weighted by molar-refractivity contribution is 5.81. The van der Waals surface area contributed by atoms with E-state index in [9.17, 15) is 10.2 Å². The van der Waals surface area contributed by atoms with Crippen molar-refractivity contribution in [1.29, 1.82) is 0 Å². The van der Waals surface area contributed by atoms with Gasteiger partial charge in [0.05, 0.1) is 12.4 Å². The van der Waals surface area contributed by atoms with Gasteiger partial charge in [0.1, 0.15) is 0 Å². The predicted octanol–water partition coefficient (Wildman–Crippen LogP) is 1.81. The van der Waals surface area contributed by atoms with Gasteiger partial charge in [-0.25, -0.2) is 0 Å². The Hall–Kier alpha value is -2.43. The Morgan fingerprint density at radius 1 is 0.875 bits per heavy atom. The van der Waals surface area contributed by atoms with E-state index in [0.717, 1.165) is 0 Å². The molecule has 5 heteroatoms. The highest BCUT2D eigenvalue weighted by atomic mass is 16.3. The smallest absolute Gasteiger partial charge is 0.167 e. The number of aliphatic hydroxyl groups is 2. The Labute approximate surface area is 91.7 Å². The van der Waals surface area contributed by atoms with E-state index in [0.29, 0.717) is 11.1 Å². The van der Waals surface area contributed by atoms with Gasteiger partial charge in [-0.3, -0.25) is 4.98 Å². The zero-order valence-electron chi connectivity index (χ0n) is 8.28. The van der Waals surface area contributed by atoms with Crippen molar-refractivity contribution in [3.63, 3.8) is 0 Å². The first-order chi connectivity index (χ1) is 7.79. The third-order valence-corrected chi connectivity index (χ3v) is 2.02. The molecule has 16 heavy (non-hydrogen) atoms. The summed E-state index contributed by atoms with van der Waals surface area (Å²) in [6.45, 7) is 0. The van der Waals surface area contributed by atoms with Crippen LogP contribution in [-0.2, 0) is 0 Å². The van der Waals surface area contributed by atoms with E-state index in [1.54, 1.807) is 24.4 Å². The van der Waals surface area contributed by atoms with E-state index < -0.39 is 0 Å². The SMILES string of the molecule is O/C(=C(/O)c1ccnnc1)c1cccnc1. The largest absolute Gasteiger partial charge is 0.504 e. The molecule has 0 bridgehead atoms. The average Bonchev–Trinajstić information content (AvgIpc) is 2.39. The minimum atomic E-state index is -0.247. The number of nitrogens with zero attached hydrogens (tertiary/aromatic N) is 3. The first-order valence-electron chi connectivity index (χ1n) is 4.58. The Balaban J connectivity index is 2.43. The second kappa shape index (κ2) is 4.39. The number of hydrogen-bond acceptors (Lipinski definition) is 5. The fraction of sp³-hybridized carbons (Fsp3) is 0. The maximum absolute atomic E-state index is 9.78. The number of pyridine rings is 1. The van der Waals surface area contributed by atoms with Crippen molar-refractivity contribution in [2.75, 3.05) is 0 Å². The molecule has 0 aliphatic carbocycles.